The number of carbonyl (C=O) groups excluding carboxylic acids is 2. The fourth-order valence-electron chi connectivity index (χ4n) is 4.20. The third-order valence-corrected chi connectivity index (χ3v) is 5.90. The zero-order valence-electron chi connectivity index (χ0n) is 18.5. The summed E-state index contributed by atoms with van der Waals surface area (Å²) >= 11 is 0. The third kappa shape index (κ3) is 4.43. The van der Waals surface area contributed by atoms with Crippen molar-refractivity contribution in [3.63, 3.8) is 0 Å². The van der Waals surface area contributed by atoms with Gasteiger partial charge in [-0.25, -0.2) is 0 Å². The lowest BCUT2D eigenvalue weighted by Gasteiger charge is -2.28. The molecule has 0 saturated carbocycles. The molecule has 2 atom stereocenters. The van der Waals surface area contributed by atoms with Crippen LogP contribution in [0.2, 0.25) is 0 Å². The average molecular weight is 440 g/mol. The van der Waals surface area contributed by atoms with Gasteiger partial charge < -0.3 is 23.9 Å². The second kappa shape index (κ2) is 9.61. The predicted octanol–water partition coefficient (Wildman–Crippen LogP) is 4.52. The van der Waals surface area contributed by atoms with Crippen LogP contribution < -0.4 is 4.74 Å². The van der Waals surface area contributed by atoms with Gasteiger partial charge in [-0.1, -0.05) is 25.5 Å². The molecule has 1 saturated heterocycles. The van der Waals surface area contributed by atoms with Gasteiger partial charge in [-0.15, -0.1) is 0 Å². The maximum absolute atomic E-state index is 13.3. The Morgan fingerprint density at radius 1 is 1.22 bits per heavy atom. The lowest BCUT2D eigenvalue weighted by atomic mass is 9.95. The Bertz CT molecular complexity index is 1000. The molecule has 0 unspecified atom stereocenters. The van der Waals surface area contributed by atoms with Crippen molar-refractivity contribution in [3.8, 4) is 5.75 Å². The molecule has 0 radical (unpaired) electrons. The fraction of sp³-hybridized carbons (Fsp3) is 0.440. The molecular weight excluding hydrogens is 410 g/mol. The van der Waals surface area contributed by atoms with E-state index in [1.807, 2.05) is 24.3 Å². The zero-order chi connectivity index (χ0) is 22.7. The first-order valence-corrected chi connectivity index (χ1v) is 11.2. The molecule has 1 aromatic carbocycles. The lowest BCUT2D eigenvalue weighted by Crippen LogP contribution is -2.37. The Labute approximate surface area is 187 Å². The number of hydrogen-bond donors (Lipinski definition) is 1. The maximum atomic E-state index is 13.3. The van der Waals surface area contributed by atoms with Crippen LogP contribution in [0.5, 0.6) is 5.75 Å². The molecule has 0 aliphatic carbocycles. The summed E-state index contributed by atoms with van der Waals surface area (Å²) in [7, 11) is 0. The zero-order valence-corrected chi connectivity index (χ0v) is 18.5. The van der Waals surface area contributed by atoms with E-state index in [2.05, 4.69) is 6.92 Å². The molecule has 3 heterocycles. The molecule has 32 heavy (non-hydrogen) atoms. The van der Waals surface area contributed by atoms with Gasteiger partial charge in [-0.05, 0) is 56.0 Å². The molecular formula is C25H29NO6. The van der Waals surface area contributed by atoms with Crippen molar-refractivity contribution < 1.29 is 28.6 Å². The molecule has 2 aliphatic heterocycles. The van der Waals surface area contributed by atoms with Crippen LogP contribution in [0.1, 0.15) is 60.5 Å². The summed E-state index contributed by atoms with van der Waals surface area (Å²) in [6.45, 7) is 5.42. The van der Waals surface area contributed by atoms with Gasteiger partial charge in [0.25, 0.3) is 5.91 Å². The van der Waals surface area contributed by atoms with E-state index in [4.69, 9.17) is 13.9 Å². The first kappa shape index (κ1) is 22.1. The van der Waals surface area contributed by atoms with Gasteiger partial charge in [-0.2, -0.15) is 0 Å². The van der Waals surface area contributed by atoms with Gasteiger partial charge >= 0.3 is 0 Å². The van der Waals surface area contributed by atoms with Gasteiger partial charge in [0.15, 0.2) is 11.5 Å². The van der Waals surface area contributed by atoms with Gasteiger partial charge in [0.1, 0.15) is 11.5 Å². The molecule has 7 nitrogen and oxygen atoms in total. The highest BCUT2D eigenvalue weighted by atomic mass is 16.5. The van der Waals surface area contributed by atoms with E-state index < -0.39 is 23.5 Å². The molecule has 170 valence electrons. The van der Waals surface area contributed by atoms with Crippen LogP contribution in [0.3, 0.4) is 0 Å². The summed E-state index contributed by atoms with van der Waals surface area (Å²) < 4.78 is 17.0. The number of unbranched alkanes of at least 4 members (excludes halogenated alkanes) is 1. The van der Waals surface area contributed by atoms with E-state index in [9.17, 15) is 14.7 Å². The SMILES string of the molecule is CCCCOc1ccc([C@@H]2C(C(=O)c3ccc(C)o3)=C(O)C(=O)N2C[C@H]2CCCO2)cc1. The number of ether oxygens (including phenoxy) is 2. The molecule has 2 aromatic rings. The Morgan fingerprint density at radius 2 is 2.00 bits per heavy atom. The number of rotatable bonds is 9. The van der Waals surface area contributed by atoms with Gasteiger partial charge in [0.2, 0.25) is 5.78 Å². The first-order chi connectivity index (χ1) is 15.5. The van der Waals surface area contributed by atoms with E-state index in [-0.39, 0.29) is 17.4 Å². The molecule has 0 bridgehead atoms. The Morgan fingerprint density at radius 3 is 2.62 bits per heavy atom. The van der Waals surface area contributed by atoms with Crippen LogP contribution in [0.4, 0.5) is 0 Å². The second-order valence-corrected chi connectivity index (χ2v) is 8.27. The highest BCUT2D eigenvalue weighted by Gasteiger charge is 2.45. The van der Waals surface area contributed by atoms with Crippen molar-refractivity contribution in [2.75, 3.05) is 19.8 Å². The molecule has 1 fully saturated rings. The predicted molar refractivity (Wildman–Crippen MR) is 118 cm³/mol. The minimum atomic E-state index is -0.728. The second-order valence-electron chi connectivity index (χ2n) is 8.27. The molecule has 1 aromatic heterocycles. The summed E-state index contributed by atoms with van der Waals surface area (Å²) in [6.07, 6.45) is 3.65. The number of hydrogen-bond acceptors (Lipinski definition) is 6. The standard InChI is InChI=1S/C25H29NO6/c1-3-4-13-30-18-10-8-17(9-11-18)22-21(23(27)20-12-7-16(2)32-20)24(28)25(29)26(22)15-19-6-5-14-31-19/h7-12,19,22,28H,3-6,13-15H2,1-2H3/t19-,22-/m1/s1. The molecule has 1 N–H and O–H groups in total. The van der Waals surface area contributed by atoms with E-state index in [0.717, 1.165) is 37.0 Å². The summed E-state index contributed by atoms with van der Waals surface area (Å²) in [6, 6.07) is 9.84. The van der Waals surface area contributed by atoms with Crippen LogP contribution in [-0.4, -0.2) is 47.6 Å². The summed E-state index contributed by atoms with van der Waals surface area (Å²) in [5, 5.41) is 10.7. The molecule has 7 heteroatoms. The first-order valence-electron chi connectivity index (χ1n) is 11.2. The quantitative estimate of drug-likeness (QED) is 0.456. The number of benzene rings is 1. The summed E-state index contributed by atoms with van der Waals surface area (Å²) in [5.41, 5.74) is 0.747. The number of furan rings is 1. The van der Waals surface area contributed by atoms with Crippen molar-refractivity contribution in [1.82, 2.24) is 4.90 Å². The molecule has 2 aliphatic rings. The van der Waals surface area contributed by atoms with Crippen LogP contribution in [0, 0.1) is 6.92 Å². The van der Waals surface area contributed by atoms with Crippen LogP contribution in [0.25, 0.3) is 0 Å². The van der Waals surface area contributed by atoms with Crippen molar-refractivity contribution >= 4 is 11.7 Å². The Kier molecular flexibility index (Phi) is 6.65. The normalized spacial score (nSPS) is 20.9. The van der Waals surface area contributed by atoms with E-state index >= 15 is 0 Å². The van der Waals surface area contributed by atoms with Crippen molar-refractivity contribution in [2.45, 2.75) is 51.7 Å². The minimum Gasteiger partial charge on any atom is -0.503 e. The Hall–Kier alpha value is -3.06. The number of amides is 1. The van der Waals surface area contributed by atoms with E-state index in [1.54, 1.807) is 19.1 Å². The largest absolute Gasteiger partial charge is 0.503 e. The van der Waals surface area contributed by atoms with Crippen molar-refractivity contribution in [3.05, 3.63) is 64.8 Å². The lowest BCUT2D eigenvalue weighted by molar-refractivity contribution is -0.131. The van der Waals surface area contributed by atoms with Crippen LogP contribution in [0.15, 0.2) is 52.1 Å². The highest BCUT2D eigenvalue weighted by molar-refractivity contribution is 6.15. The summed E-state index contributed by atoms with van der Waals surface area (Å²) in [5.74, 6) is -0.192. The number of aliphatic hydroxyl groups is 1. The highest BCUT2D eigenvalue weighted by Crippen LogP contribution is 2.40. The number of carbonyl (C=O) groups is 2. The number of aliphatic hydroxyl groups excluding tert-OH is 1. The summed E-state index contributed by atoms with van der Waals surface area (Å²) in [4.78, 5) is 27.8. The monoisotopic (exact) mass is 439 g/mol. The van der Waals surface area contributed by atoms with Crippen molar-refractivity contribution in [1.29, 1.82) is 0 Å². The molecule has 0 spiro atoms. The van der Waals surface area contributed by atoms with Crippen molar-refractivity contribution in [2.24, 2.45) is 0 Å². The van der Waals surface area contributed by atoms with E-state index in [0.29, 0.717) is 25.5 Å². The van der Waals surface area contributed by atoms with Crippen LogP contribution in [-0.2, 0) is 9.53 Å². The van der Waals surface area contributed by atoms with Gasteiger partial charge in [0, 0.05) is 13.2 Å². The number of Topliss-reactive ketones (excluding diaryl/α,β-unsaturated/α-hetero) is 1. The smallest absolute Gasteiger partial charge is 0.290 e. The average Bonchev–Trinajstić information content (AvgIpc) is 3.52. The molecule has 4 rings (SSSR count). The topological polar surface area (TPSA) is 89.2 Å². The van der Waals surface area contributed by atoms with Gasteiger partial charge in [0.05, 0.1) is 24.3 Å². The number of aryl methyl sites for hydroxylation is 1. The van der Waals surface area contributed by atoms with Gasteiger partial charge in [-0.3, -0.25) is 9.59 Å². The number of ketones is 1. The third-order valence-electron chi connectivity index (χ3n) is 5.90. The Balaban J connectivity index is 1.66. The molecule has 1 amide bonds. The van der Waals surface area contributed by atoms with E-state index in [1.165, 1.54) is 4.90 Å². The minimum absolute atomic E-state index is 0.0296. The van der Waals surface area contributed by atoms with Crippen LogP contribution >= 0.6 is 0 Å². The number of nitrogens with zero attached hydrogens (tertiary/aromatic N) is 1. The fourth-order valence-corrected chi connectivity index (χ4v) is 4.20. The maximum Gasteiger partial charge on any atom is 0.290 e.